The molecule has 0 saturated heterocycles. The molecule has 0 amide bonds. The summed E-state index contributed by atoms with van der Waals surface area (Å²) in [6.45, 7) is 4.32. The number of rotatable bonds is 5. The third-order valence-electron chi connectivity index (χ3n) is 1.93. The van der Waals surface area contributed by atoms with Crippen molar-refractivity contribution in [1.29, 1.82) is 0 Å². The van der Waals surface area contributed by atoms with Gasteiger partial charge in [-0.3, -0.25) is 4.79 Å². The van der Waals surface area contributed by atoms with E-state index >= 15 is 0 Å². The molecule has 1 aromatic rings. The molecule has 5 nitrogen and oxygen atoms in total. The minimum atomic E-state index is -0.783. The maximum Gasteiger partial charge on any atom is 0.303 e. The molecule has 1 unspecified atom stereocenters. The SMILES string of the molecule is Cc1ccnc(NCC(C)CC(=O)O)n1. The molecule has 0 aromatic carbocycles. The Labute approximate surface area is 88.6 Å². The van der Waals surface area contributed by atoms with E-state index in [4.69, 9.17) is 5.11 Å². The molecule has 2 N–H and O–H groups in total. The zero-order chi connectivity index (χ0) is 11.3. The highest BCUT2D eigenvalue weighted by Gasteiger charge is 2.07. The molecule has 1 heterocycles. The van der Waals surface area contributed by atoms with Gasteiger partial charge in [0.1, 0.15) is 0 Å². The van der Waals surface area contributed by atoms with Gasteiger partial charge in [0.15, 0.2) is 0 Å². The van der Waals surface area contributed by atoms with Crippen molar-refractivity contribution in [3.63, 3.8) is 0 Å². The number of aliphatic carboxylic acids is 1. The minimum Gasteiger partial charge on any atom is -0.481 e. The van der Waals surface area contributed by atoms with Gasteiger partial charge >= 0.3 is 5.97 Å². The standard InChI is InChI=1S/C10H15N3O2/c1-7(5-9(14)15)6-12-10-11-4-3-8(2)13-10/h3-4,7H,5-6H2,1-2H3,(H,14,15)(H,11,12,13). The van der Waals surface area contributed by atoms with E-state index in [1.165, 1.54) is 0 Å². The minimum absolute atomic E-state index is 0.0617. The Kier molecular flexibility index (Phi) is 4.03. The van der Waals surface area contributed by atoms with Gasteiger partial charge in [-0.15, -0.1) is 0 Å². The average molecular weight is 209 g/mol. The van der Waals surface area contributed by atoms with Crippen LogP contribution in [0.3, 0.4) is 0 Å². The van der Waals surface area contributed by atoms with Crippen molar-refractivity contribution >= 4 is 11.9 Å². The first-order valence-electron chi connectivity index (χ1n) is 4.83. The van der Waals surface area contributed by atoms with E-state index < -0.39 is 5.97 Å². The van der Waals surface area contributed by atoms with Crippen molar-refractivity contribution in [2.24, 2.45) is 5.92 Å². The molecule has 5 heteroatoms. The first-order chi connectivity index (χ1) is 7.08. The van der Waals surface area contributed by atoms with Crippen LogP contribution in [0.15, 0.2) is 12.3 Å². The third kappa shape index (κ3) is 4.39. The number of hydrogen-bond donors (Lipinski definition) is 2. The number of aryl methyl sites for hydroxylation is 1. The van der Waals surface area contributed by atoms with E-state index in [1.807, 2.05) is 19.9 Å². The number of aromatic nitrogens is 2. The molecular weight excluding hydrogens is 194 g/mol. The molecule has 0 radical (unpaired) electrons. The van der Waals surface area contributed by atoms with Crippen LogP contribution in [0.5, 0.6) is 0 Å². The lowest BCUT2D eigenvalue weighted by Gasteiger charge is -2.09. The van der Waals surface area contributed by atoms with Crippen LogP contribution in [-0.4, -0.2) is 27.6 Å². The molecular formula is C10H15N3O2. The predicted molar refractivity (Wildman–Crippen MR) is 56.7 cm³/mol. The van der Waals surface area contributed by atoms with E-state index in [-0.39, 0.29) is 12.3 Å². The van der Waals surface area contributed by atoms with Gasteiger partial charge in [0, 0.05) is 24.9 Å². The number of carboxylic acids is 1. The summed E-state index contributed by atoms with van der Waals surface area (Å²) in [6, 6.07) is 1.81. The van der Waals surface area contributed by atoms with Crippen molar-refractivity contribution in [2.45, 2.75) is 20.3 Å². The van der Waals surface area contributed by atoms with Crippen LogP contribution in [-0.2, 0) is 4.79 Å². The first kappa shape index (κ1) is 11.4. The van der Waals surface area contributed by atoms with Crippen molar-refractivity contribution in [3.05, 3.63) is 18.0 Å². The Bertz CT molecular complexity index is 341. The van der Waals surface area contributed by atoms with Gasteiger partial charge in [-0.25, -0.2) is 9.97 Å². The Morgan fingerprint density at radius 3 is 3.00 bits per heavy atom. The lowest BCUT2D eigenvalue weighted by atomic mass is 10.1. The molecule has 0 fully saturated rings. The average Bonchev–Trinajstić information content (AvgIpc) is 2.14. The van der Waals surface area contributed by atoms with Gasteiger partial charge in [0.25, 0.3) is 0 Å². The van der Waals surface area contributed by atoms with Gasteiger partial charge in [-0.2, -0.15) is 0 Å². The first-order valence-corrected chi connectivity index (χ1v) is 4.83. The number of carbonyl (C=O) groups is 1. The van der Waals surface area contributed by atoms with Crippen molar-refractivity contribution < 1.29 is 9.90 Å². The molecule has 0 aliphatic rings. The van der Waals surface area contributed by atoms with Crippen molar-refractivity contribution in [1.82, 2.24) is 9.97 Å². The topological polar surface area (TPSA) is 75.1 Å². The van der Waals surface area contributed by atoms with Gasteiger partial charge in [-0.05, 0) is 18.9 Å². The van der Waals surface area contributed by atoms with Crippen LogP contribution in [0.2, 0.25) is 0 Å². The van der Waals surface area contributed by atoms with Crippen LogP contribution < -0.4 is 5.32 Å². The molecule has 0 aliphatic heterocycles. The largest absolute Gasteiger partial charge is 0.481 e. The fraction of sp³-hybridized carbons (Fsp3) is 0.500. The summed E-state index contributed by atoms with van der Waals surface area (Å²) in [6.07, 6.45) is 1.82. The molecule has 1 atom stereocenters. The normalized spacial score (nSPS) is 12.1. The smallest absolute Gasteiger partial charge is 0.303 e. The lowest BCUT2D eigenvalue weighted by molar-refractivity contribution is -0.137. The summed E-state index contributed by atoms with van der Waals surface area (Å²) < 4.78 is 0. The summed E-state index contributed by atoms with van der Waals surface area (Å²) >= 11 is 0. The second kappa shape index (κ2) is 5.29. The molecule has 0 aliphatic carbocycles. The van der Waals surface area contributed by atoms with Crippen molar-refractivity contribution in [3.8, 4) is 0 Å². The number of anilines is 1. The molecule has 1 rings (SSSR count). The molecule has 1 aromatic heterocycles. The van der Waals surface area contributed by atoms with Crippen LogP contribution in [0.4, 0.5) is 5.95 Å². The summed E-state index contributed by atoms with van der Waals surface area (Å²) in [7, 11) is 0. The quantitative estimate of drug-likeness (QED) is 0.764. The second-order valence-electron chi connectivity index (χ2n) is 3.61. The fourth-order valence-electron chi connectivity index (χ4n) is 1.17. The molecule has 15 heavy (non-hydrogen) atoms. The maximum absolute atomic E-state index is 10.4. The fourth-order valence-corrected chi connectivity index (χ4v) is 1.17. The third-order valence-corrected chi connectivity index (χ3v) is 1.93. The van der Waals surface area contributed by atoms with Crippen LogP contribution in [0.25, 0.3) is 0 Å². The van der Waals surface area contributed by atoms with Gasteiger partial charge in [0.05, 0.1) is 0 Å². The van der Waals surface area contributed by atoms with Crippen molar-refractivity contribution in [2.75, 3.05) is 11.9 Å². The van der Waals surface area contributed by atoms with E-state index in [9.17, 15) is 4.79 Å². The summed E-state index contributed by atoms with van der Waals surface area (Å²) in [5, 5.41) is 11.6. The molecule has 0 bridgehead atoms. The number of nitrogens with zero attached hydrogens (tertiary/aromatic N) is 2. The van der Waals surface area contributed by atoms with Crippen LogP contribution in [0.1, 0.15) is 19.0 Å². The van der Waals surface area contributed by atoms with E-state index in [2.05, 4.69) is 15.3 Å². The zero-order valence-corrected chi connectivity index (χ0v) is 8.90. The zero-order valence-electron chi connectivity index (χ0n) is 8.90. The second-order valence-corrected chi connectivity index (χ2v) is 3.61. The lowest BCUT2D eigenvalue weighted by Crippen LogP contribution is -2.16. The summed E-state index contributed by atoms with van der Waals surface area (Å²) in [5.74, 6) is -0.173. The molecule has 82 valence electrons. The highest BCUT2D eigenvalue weighted by molar-refractivity contribution is 5.67. The molecule has 0 spiro atoms. The number of carboxylic acid groups (broad SMARTS) is 1. The predicted octanol–water partition coefficient (Wildman–Crippen LogP) is 1.31. The number of hydrogen-bond acceptors (Lipinski definition) is 4. The Morgan fingerprint density at radius 2 is 2.40 bits per heavy atom. The summed E-state index contributed by atoms with van der Waals surface area (Å²) in [4.78, 5) is 18.6. The van der Waals surface area contributed by atoms with E-state index in [0.717, 1.165) is 5.69 Å². The van der Waals surface area contributed by atoms with Crippen LogP contribution >= 0.6 is 0 Å². The highest BCUT2D eigenvalue weighted by atomic mass is 16.4. The molecule has 0 saturated carbocycles. The Balaban J connectivity index is 2.40. The Hall–Kier alpha value is -1.65. The Morgan fingerprint density at radius 1 is 1.67 bits per heavy atom. The highest BCUT2D eigenvalue weighted by Crippen LogP contribution is 2.04. The van der Waals surface area contributed by atoms with Gasteiger partial charge in [-0.1, -0.05) is 6.92 Å². The number of nitrogens with one attached hydrogen (secondary N) is 1. The van der Waals surface area contributed by atoms with Crippen LogP contribution in [0, 0.1) is 12.8 Å². The van der Waals surface area contributed by atoms with Gasteiger partial charge < -0.3 is 10.4 Å². The monoisotopic (exact) mass is 209 g/mol. The van der Waals surface area contributed by atoms with E-state index in [1.54, 1.807) is 6.20 Å². The maximum atomic E-state index is 10.4. The van der Waals surface area contributed by atoms with E-state index in [0.29, 0.717) is 12.5 Å². The summed E-state index contributed by atoms with van der Waals surface area (Å²) in [5.41, 5.74) is 0.887. The van der Waals surface area contributed by atoms with Gasteiger partial charge in [0.2, 0.25) is 5.95 Å².